The summed E-state index contributed by atoms with van der Waals surface area (Å²) < 4.78 is 0. The largest absolute Gasteiger partial charge is 0.250 e. The molecular formula is C15H8Cl3N3. The highest BCUT2D eigenvalue weighted by molar-refractivity contribution is 6.36. The molecule has 6 heteroatoms. The Morgan fingerprint density at radius 3 is 2.33 bits per heavy atom. The summed E-state index contributed by atoms with van der Waals surface area (Å²) >= 11 is 18.1. The van der Waals surface area contributed by atoms with Gasteiger partial charge in [-0.05, 0) is 6.07 Å². The molecule has 0 atom stereocenters. The Morgan fingerprint density at radius 1 is 0.857 bits per heavy atom. The van der Waals surface area contributed by atoms with Gasteiger partial charge >= 0.3 is 0 Å². The van der Waals surface area contributed by atoms with Crippen molar-refractivity contribution in [3.63, 3.8) is 0 Å². The first-order valence-electron chi connectivity index (χ1n) is 6.05. The van der Waals surface area contributed by atoms with Gasteiger partial charge in [-0.3, -0.25) is 0 Å². The lowest BCUT2D eigenvalue weighted by Gasteiger charge is -2.06. The lowest BCUT2D eigenvalue weighted by atomic mass is 10.1. The Bertz CT molecular complexity index is 791. The molecule has 1 aromatic carbocycles. The van der Waals surface area contributed by atoms with Crippen LogP contribution in [0.25, 0.3) is 22.8 Å². The van der Waals surface area contributed by atoms with E-state index < -0.39 is 0 Å². The maximum absolute atomic E-state index is 6.14. The predicted molar refractivity (Wildman–Crippen MR) is 85.7 cm³/mol. The highest BCUT2D eigenvalue weighted by Crippen LogP contribution is 2.28. The summed E-state index contributed by atoms with van der Waals surface area (Å²) in [5.74, 6) is 0.364. The van der Waals surface area contributed by atoms with Gasteiger partial charge in [0.1, 0.15) is 10.8 Å². The number of halogens is 3. The smallest absolute Gasteiger partial charge is 0.181 e. The molecule has 0 fully saturated rings. The van der Waals surface area contributed by atoms with Gasteiger partial charge < -0.3 is 0 Å². The predicted octanol–water partition coefficient (Wildman–Crippen LogP) is 5.17. The number of rotatable bonds is 2. The summed E-state index contributed by atoms with van der Waals surface area (Å²) in [6, 6.07) is 13.0. The fraction of sp³-hybridized carbons (Fsp3) is 0. The molecule has 3 aromatic rings. The van der Waals surface area contributed by atoms with Gasteiger partial charge in [-0.15, -0.1) is 0 Å². The summed E-state index contributed by atoms with van der Waals surface area (Å²) in [7, 11) is 0. The second-order valence-electron chi connectivity index (χ2n) is 4.25. The van der Waals surface area contributed by atoms with E-state index in [2.05, 4.69) is 15.0 Å². The van der Waals surface area contributed by atoms with Crippen molar-refractivity contribution in [2.24, 2.45) is 0 Å². The number of nitrogens with zero attached hydrogens (tertiary/aromatic N) is 3. The fourth-order valence-electron chi connectivity index (χ4n) is 1.86. The number of pyridine rings is 1. The van der Waals surface area contributed by atoms with Crippen LogP contribution in [-0.2, 0) is 0 Å². The van der Waals surface area contributed by atoms with Crippen molar-refractivity contribution in [1.82, 2.24) is 15.0 Å². The Morgan fingerprint density at radius 2 is 1.62 bits per heavy atom. The third-order valence-corrected chi connectivity index (χ3v) is 3.47. The van der Waals surface area contributed by atoms with Crippen LogP contribution in [0.1, 0.15) is 0 Å². The van der Waals surface area contributed by atoms with Crippen LogP contribution in [0.15, 0.2) is 48.7 Å². The molecule has 0 bridgehead atoms. The van der Waals surface area contributed by atoms with Gasteiger partial charge in [0.05, 0.1) is 15.7 Å². The van der Waals surface area contributed by atoms with Crippen molar-refractivity contribution in [2.45, 2.75) is 0 Å². The minimum atomic E-state index is 0.326. The molecule has 0 amide bonds. The third kappa shape index (κ3) is 3.16. The van der Waals surface area contributed by atoms with Gasteiger partial charge in [-0.2, -0.15) is 0 Å². The van der Waals surface area contributed by atoms with Crippen LogP contribution in [0.4, 0.5) is 0 Å². The van der Waals surface area contributed by atoms with E-state index in [0.717, 1.165) is 5.56 Å². The normalized spacial score (nSPS) is 10.6. The molecule has 0 aliphatic rings. The van der Waals surface area contributed by atoms with E-state index in [-0.39, 0.29) is 0 Å². The van der Waals surface area contributed by atoms with E-state index in [1.807, 2.05) is 30.3 Å². The van der Waals surface area contributed by atoms with E-state index >= 15 is 0 Å². The van der Waals surface area contributed by atoms with Gasteiger partial charge in [0.15, 0.2) is 5.82 Å². The highest BCUT2D eigenvalue weighted by Gasteiger charge is 2.12. The lowest BCUT2D eigenvalue weighted by molar-refractivity contribution is 1.14. The topological polar surface area (TPSA) is 38.7 Å². The second-order valence-corrected chi connectivity index (χ2v) is 5.48. The average Bonchev–Trinajstić information content (AvgIpc) is 2.47. The van der Waals surface area contributed by atoms with Crippen LogP contribution in [0, 0.1) is 0 Å². The SMILES string of the molecule is Clc1cnc(-c2nc(Cl)cc(-c3ccccc3)n2)c(Cl)c1. The zero-order valence-corrected chi connectivity index (χ0v) is 12.9. The van der Waals surface area contributed by atoms with Crippen molar-refractivity contribution in [1.29, 1.82) is 0 Å². The molecule has 2 aromatic heterocycles. The first kappa shape index (κ1) is 14.3. The molecule has 0 aliphatic carbocycles. The van der Waals surface area contributed by atoms with Gasteiger partial charge in [0.25, 0.3) is 0 Å². The summed E-state index contributed by atoms with van der Waals surface area (Å²) in [4.78, 5) is 12.8. The van der Waals surface area contributed by atoms with Crippen LogP contribution < -0.4 is 0 Å². The van der Waals surface area contributed by atoms with Gasteiger partial charge in [-0.1, -0.05) is 65.1 Å². The molecule has 2 heterocycles. The highest BCUT2D eigenvalue weighted by atomic mass is 35.5. The molecule has 21 heavy (non-hydrogen) atoms. The number of aromatic nitrogens is 3. The number of hydrogen-bond donors (Lipinski definition) is 0. The minimum absolute atomic E-state index is 0.326. The summed E-state index contributed by atoms with van der Waals surface area (Å²) in [6.07, 6.45) is 1.50. The molecule has 104 valence electrons. The first-order valence-corrected chi connectivity index (χ1v) is 7.18. The Balaban J connectivity index is 2.14. The summed E-state index contributed by atoms with van der Waals surface area (Å²) in [5.41, 5.74) is 2.09. The Labute approximate surface area is 136 Å². The Hall–Kier alpha value is -1.68. The zero-order chi connectivity index (χ0) is 14.8. The monoisotopic (exact) mass is 335 g/mol. The molecular weight excluding hydrogens is 329 g/mol. The van der Waals surface area contributed by atoms with Crippen LogP contribution in [0.5, 0.6) is 0 Å². The van der Waals surface area contributed by atoms with E-state index in [0.29, 0.717) is 32.4 Å². The van der Waals surface area contributed by atoms with E-state index in [4.69, 9.17) is 34.8 Å². The molecule has 0 saturated heterocycles. The quantitative estimate of drug-likeness (QED) is 0.606. The van der Waals surface area contributed by atoms with Crippen LogP contribution >= 0.6 is 34.8 Å². The molecule has 0 saturated carbocycles. The number of benzene rings is 1. The van der Waals surface area contributed by atoms with Crippen molar-refractivity contribution >= 4 is 34.8 Å². The second kappa shape index (κ2) is 5.98. The van der Waals surface area contributed by atoms with Crippen LogP contribution in [0.2, 0.25) is 15.2 Å². The Kier molecular flexibility index (Phi) is 4.06. The first-order chi connectivity index (χ1) is 10.1. The van der Waals surface area contributed by atoms with E-state index in [9.17, 15) is 0 Å². The zero-order valence-electron chi connectivity index (χ0n) is 10.6. The summed E-state index contributed by atoms with van der Waals surface area (Å²) in [5, 5.41) is 1.16. The van der Waals surface area contributed by atoms with Gasteiger partial charge in [0, 0.05) is 17.8 Å². The molecule has 0 N–H and O–H groups in total. The van der Waals surface area contributed by atoms with Crippen molar-refractivity contribution < 1.29 is 0 Å². The van der Waals surface area contributed by atoms with Crippen LogP contribution in [-0.4, -0.2) is 15.0 Å². The van der Waals surface area contributed by atoms with Crippen molar-refractivity contribution in [3.05, 3.63) is 63.9 Å². The molecule has 0 aliphatic heterocycles. The summed E-state index contributed by atoms with van der Waals surface area (Å²) in [6.45, 7) is 0. The van der Waals surface area contributed by atoms with E-state index in [1.165, 1.54) is 6.20 Å². The molecule has 0 unspecified atom stereocenters. The average molecular weight is 337 g/mol. The molecule has 0 radical (unpaired) electrons. The standard InChI is InChI=1S/C15H8Cl3N3/c16-10-6-11(17)14(19-8-10)15-20-12(7-13(18)21-15)9-4-2-1-3-5-9/h1-8H. The molecule has 3 nitrogen and oxygen atoms in total. The van der Waals surface area contributed by atoms with E-state index in [1.54, 1.807) is 12.1 Å². The number of hydrogen-bond acceptors (Lipinski definition) is 3. The maximum Gasteiger partial charge on any atom is 0.181 e. The fourth-order valence-corrected chi connectivity index (χ4v) is 2.51. The molecule has 3 rings (SSSR count). The van der Waals surface area contributed by atoms with Crippen molar-refractivity contribution in [2.75, 3.05) is 0 Å². The minimum Gasteiger partial charge on any atom is -0.250 e. The maximum atomic E-state index is 6.14. The van der Waals surface area contributed by atoms with Gasteiger partial charge in [-0.25, -0.2) is 15.0 Å². The van der Waals surface area contributed by atoms with Crippen LogP contribution in [0.3, 0.4) is 0 Å². The van der Waals surface area contributed by atoms with Crippen molar-refractivity contribution in [3.8, 4) is 22.8 Å². The lowest BCUT2D eigenvalue weighted by Crippen LogP contribution is -1.95. The van der Waals surface area contributed by atoms with Gasteiger partial charge in [0.2, 0.25) is 0 Å². The molecule has 0 spiro atoms. The third-order valence-electron chi connectivity index (χ3n) is 2.78.